The first-order valence-corrected chi connectivity index (χ1v) is 3.75. The summed E-state index contributed by atoms with van der Waals surface area (Å²) >= 11 is 0. The van der Waals surface area contributed by atoms with Gasteiger partial charge >= 0.3 is 0 Å². The van der Waals surface area contributed by atoms with Gasteiger partial charge in [-0.3, -0.25) is 0 Å². The maximum absolute atomic E-state index is 8.50. The summed E-state index contributed by atoms with van der Waals surface area (Å²) < 4.78 is 0. The van der Waals surface area contributed by atoms with Crippen molar-refractivity contribution < 1.29 is 5.11 Å². The topological polar surface area (TPSA) is 84.1 Å². The van der Waals surface area contributed by atoms with E-state index in [1.165, 1.54) is 6.33 Å². The number of anilines is 2. The third-order valence-electron chi connectivity index (χ3n) is 1.33. The number of nitrogen functional groups attached to an aromatic ring is 1. The van der Waals surface area contributed by atoms with Gasteiger partial charge in [-0.2, -0.15) is 0 Å². The van der Waals surface area contributed by atoms with E-state index >= 15 is 0 Å². The van der Waals surface area contributed by atoms with Crippen LogP contribution in [0.25, 0.3) is 0 Å². The molecule has 12 heavy (non-hydrogen) atoms. The lowest BCUT2D eigenvalue weighted by Gasteiger charge is -2.03. The van der Waals surface area contributed by atoms with Crippen molar-refractivity contribution in [1.29, 1.82) is 0 Å². The molecule has 0 atom stereocenters. The molecule has 0 saturated heterocycles. The fourth-order valence-corrected chi connectivity index (χ4v) is 0.765. The molecule has 0 radical (unpaired) electrons. The Balaban J connectivity index is 2.41. The number of hydrogen-bond donors (Lipinski definition) is 3. The van der Waals surface area contributed by atoms with Crippen LogP contribution in [0.4, 0.5) is 11.6 Å². The number of aliphatic hydroxyl groups is 1. The average Bonchev–Trinajstić information content (AvgIpc) is 2.05. The average molecular weight is 168 g/mol. The highest BCUT2D eigenvalue weighted by molar-refractivity contribution is 5.42. The molecular formula is C7H12N4O. The van der Waals surface area contributed by atoms with E-state index in [0.29, 0.717) is 24.6 Å². The molecule has 5 heteroatoms. The normalized spacial score (nSPS) is 9.75. The summed E-state index contributed by atoms with van der Waals surface area (Å²) in [6, 6.07) is 1.65. The molecular weight excluding hydrogens is 156 g/mol. The zero-order valence-electron chi connectivity index (χ0n) is 6.70. The first-order chi connectivity index (χ1) is 5.83. The predicted molar refractivity (Wildman–Crippen MR) is 46.6 cm³/mol. The minimum atomic E-state index is 0.174. The molecule has 0 aliphatic heterocycles. The Hall–Kier alpha value is -1.36. The molecule has 0 unspecified atom stereocenters. The fraction of sp³-hybridized carbons (Fsp3) is 0.429. The zero-order chi connectivity index (χ0) is 8.81. The van der Waals surface area contributed by atoms with Gasteiger partial charge in [0.25, 0.3) is 0 Å². The summed E-state index contributed by atoms with van der Waals surface area (Å²) in [5.74, 6) is 1.13. The molecule has 1 rings (SSSR count). The maximum atomic E-state index is 8.50. The number of aromatic nitrogens is 2. The lowest BCUT2D eigenvalue weighted by Crippen LogP contribution is -2.05. The molecule has 0 spiro atoms. The summed E-state index contributed by atoms with van der Waals surface area (Å²) in [7, 11) is 0. The number of nitrogens with one attached hydrogen (secondary N) is 1. The minimum Gasteiger partial charge on any atom is -0.396 e. The van der Waals surface area contributed by atoms with Gasteiger partial charge in [0.15, 0.2) is 0 Å². The van der Waals surface area contributed by atoms with Crippen LogP contribution < -0.4 is 11.1 Å². The van der Waals surface area contributed by atoms with Crippen LogP contribution in [0.5, 0.6) is 0 Å². The Morgan fingerprint density at radius 3 is 3.00 bits per heavy atom. The number of nitrogens with zero attached hydrogens (tertiary/aromatic N) is 2. The SMILES string of the molecule is Nc1cc(NCCCO)ncn1. The number of aliphatic hydroxyl groups excluding tert-OH is 1. The molecule has 0 aliphatic carbocycles. The van der Waals surface area contributed by atoms with Crippen molar-refractivity contribution in [1.82, 2.24) is 9.97 Å². The van der Waals surface area contributed by atoms with E-state index in [4.69, 9.17) is 10.8 Å². The molecule has 0 fully saturated rings. The molecule has 5 nitrogen and oxygen atoms in total. The van der Waals surface area contributed by atoms with Crippen LogP contribution >= 0.6 is 0 Å². The van der Waals surface area contributed by atoms with Crippen LogP contribution in [0.2, 0.25) is 0 Å². The Kier molecular flexibility index (Phi) is 3.28. The molecule has 0 amide bonds. The summed E-state index contributed by atoms with van der Waals surface area (Å²) in [6.45, 7) is 0.862. The van der Waals surface area contributed by atoms with Crippen LogP contribution in [-0.2, 0) is 0 Å². The van der Waals surface area contributed by atoms with Crippen molar-refractivity contribution in [3.63, 3.8) is 0 Å². The summed E-state index contributed by atoms with van der Waals surface area (Å²) in [5, 5.41) is 11.5. The summed E-state index contributed by atoms with van der Waals surface area (Å²) in [4.78, 5) is 7.67. The van der Waals surface area contributed by atoms with Crippen LogP contribution in [0.1, 0.15) is 6.42 Å². The van der Waals surface area contributed by atoms with E-state index in [1.54, 1.807) is 6.07 Å². The van der Waals surface area contributed by atoms with Gasteiger partial charge in [0, 0.05) is 19.2 Å². The molecule has 0 saturated carbocycles. The Bertz CT molecular complexity index is 241. The predicted octanol–water partition coefficient (Wildman–Crippen LogP) is -0.147. The molecule has 0 aliphatic rings. The third-order valence-corrected chi connectivity index (χ3v) is 1.33. The van der Waals surface area contributed by atoms with E-state index in [2.05, 4.69) is 15.3 Å². The highest BCUT2D eigenvalue weighted by Crippen LogP contribution is 2.03. The van der Waals surface area contributed by atoms with Gasteiger partial charge in [-0.05, 0) is 6.42 Å². The molecule has 1 heterocycles. The molecule has 66 valence electrons. The van der Waals surface area contributed by atoms with Crippen molar-refractivity contribution in [2.24, 2.45) is 0 Å². The van der Waals surface area contributed by atoms with Crippen molar-refractivity contribution in [3.8, 4) is 0 Å². The maximum Gasteiger partial charge on any atom is 0.131 e. The van der Waals surface area contributed by atoms with Crippen LogP contribution in [0.15, 0.2) is 12.4 Å². The largest absolute Gasteiger partial charge is 0.396 e. The van der Waals surface area contributed by atoms with Crippen molar-refractivity contribution in [2.75, 3.05) is 24.2 Å². The van der Waals surface area contributed by atoms with E-state index in [9.17, 15) is 0 Å². The zero-order valence-corrected chi connectivity index (χ0v) is 6.70. The molecule has 4 N–H and O–H groups in total. The summed E-state index contributed by atoms with van der Waals surface area (Å²) in [6.07, 6.45) is 2.10. The van der Waals surface area contributed by atoms with Crippen molar-refractivity contribution in [3.05, 3.63) is 12.4 Å². The van der Waals surface area contributed by atoms with Crippen LogP contribution in [0.3, 0.4) is 0 Å². The fourth-order valence-electron chi connectivity index (χ4n) is 0.765. The monoisotopic (exact) mass is 168 g/mol. The Morgan fingerprint density at radius 2 is 2.33 bits per heavy atom. The van der Waals surface area contributed by atoms with E-state index < -0.39 is 0 Å². The Morgan fingerprint density at radius 1 is 1.50 bits per heavy atom. The highest BCUT2D eigenvalue weighted by atomic mass is 16.3. The highest BCUT2D eigenvalue weighted by Gasteiger charge is 1.93. The third kappa shape index (κ3) is 2.71. The number of rotatable bonds is 4. The van der Waals surface area contributed by atoms with Gasteiger partial charge in [-0.25, -0.2) is 9.97 Å². The second kappa shape index (κ2) is 4.50. The van der Waals surface area contributed by atoms with Crippen molar-refractivity contribution >= 4 is 11.6 Å². The first-order valence-electron chi connectivity index (χ1n) is 3.75. The van der Waals surface area contributed by atoms with E-state index in [0.717, 1.165) is 0 Å². The minimum absolute atomic E-state index is 0.174. The number of hydrogen-bond acceptors (Lipinski definition) is 5. The molecule has 0 bridgehead atoms. The van der Waals surface area contributed by atoms with Gasteiger partial charge < -0.3 is 16.2 Å². The standard InChI is InChI=1S/C7H12N4O/c8-6-4-7(11-5-10-6)9-2-1-3-12/h4-5,12H,1-3H2,(H3,8,9,10,11). The van der Waals surface area contributed by atoms with Gasteiger partial charge in [0.2, 0.25) is 0 Å². The van der Waals surface area contributed by atoms with Crippen molar-refractivity contribution in [2.45, 2.75) is 6.42 Å². The van der Waals surface area contributed by atoms with Gasteiger partial charge in [0.05, 0.1) is 0 Å². The summed E-state index contributed by atoms with van der Waals surface area (Å²) in [5.41, 5.74) is 5.42. The lowest BCUT2D eigenvalue weighted by molar-refractivity contribution is 0.292. The quantitative estimate of drug-likeness (QED) is 0.545. The van der Waals surface area contributed by atoms with Gasteiger partial charge in [-0.1, -0.05) is 0 Å². The second-order valence-corrected chi connectivity index (χ2v) is 2.33. The van der Waals surface area contributed by atoms with Gasteiger partial charge in [-0.15, -0.1) is 0 Å². The molecule has 1 aromatic rings. The van der Waals surface area contributed by atoms with Gasteiger partial charge in [0.1, 0.15) is 18.0 Å². The first kappa shape index (κ1) is 8.73. The second-order valence-electron chi connectivity index (χ2n) is 2.33. The smallest absolute Gasteiger partial charge is 0.131 e. The van der Waals surface area contributed by atoms with E-state index in [1.807, 2.05) is 0 Å². The van der Waals surface area contributed by atoms with Crippen LogP contribution in [0, 0.1) is 0 Å². The lowest BCUT2D eigenvalue weighted by atomic mass is 10.4. The molecule has 1 aromatic heterocycles. The Labute approximate surface area is 70.6 Å². The molecule has 0 aromatic carbocycles. The van der Waals surface area contributed by atoms with E-state index in [-0.39, 0.29) is 6.61 Å². The number of nitrogens with two attached hydrogens (primary N) is 1. The van der Waals surface area contributed by atoms with Crippen LogP contribution in [-0.4, -0.2) is 28.2 Å².